The molecule has 0 radical (unpaired) electrons. The van der Waals surface area contributed by atoms with Gasteiger partial charge in [0.25, 0.3) is 10.2 Å². The molecule has 0 amide bonds. The summed E-state index contributed by atoms with van der Waals surface area (Å²) < 4.78 is 42.7. The minimum absolute atomic E-state index is 0.140. The zero-order chi connectivity index (χ0) is 23.3. The lowest BCUT2D eigenvalue weighted by molar-refractivity contribution is 0.155. The maximum Gasteiger partial charge on any atom is 0.281 e. The van der Waals surface area contributed by atoms with E-state index in [1.165, 1.54) is 29.6 Å². The van der Waals surface area contributed by atoms with Crippen LogP contribution in [0.1, 0.15) is 57.4 Å². The normalized spacial score (nSPS) is 23.8. The first-order chi connectivity index (χ1) is 15.2. The molecule has 0 bridgehead atoms. The van der Waals surface area contributed by atoms with Crippen LogP contribution in [0.25, 0.3) is 0 Å². The lowest BCUT2D eigenvalue weighted by atomic mass is 9.83. The second-order valence-corrected chi connectivity index (χ2v) is 12.6. The number of nitrogens with zero attached hydrogens (tertiary/aromatic N) is 3. The number of hydrogen-bond donors (Lipinski definition) is 0. The molecule has 0 atom stereocenters. The van der Waals surface area contributed by atoms with Crippen molar-refractivity contribution in [2.45, 2.75) is 64.3 Å². The molecule has 0 unspecified atom stereocenters. The Balaban J connectivity index is 1.38. The van der Waals surface area contributed by atoms with E-state index in [-0.39, 0.29) is 11.9 Å². The van der Waals surface area contributed by atoms with Crippen LogP contribution >= 0.6 is 15.9 Å². The van der Waals surface area contributed by atoms with Gasteiger partial charge in [0.15, 0.2) is 0 Å². The topological polar surface area (TPSA) is 43.9 Å². The Bertz CT molecular complexity index is 836. The largest absolute Gasteiger partial charge is 0.303 e. The van der Waals surface area contributed by atoms with E-state index < -0.39 is 10.2 Å². The van der Waals surface area contributed by atoms with Crippen LogP contribution in [0.3, 0.4) is 0 Å². The second kappa shape index (κ2) is 11.7. The molecule has 3 rings (SSSR count). The van der Waals surface area contributed by atoms with Crippen molar-refractivity contribution in [1.82, 2.24) is 13.5 Å². The third-order valence-electron chi connectivity index (χ3n) is 7.37. The highest BCUT2D eigenvalue weighted by Gasteiger charge is 2.33. The van der Waals surface area contributed by atoms with Crippen LogP contribution in [0, 0.1) is 17.7 Å². The van der Waals surface area contributed by atoms with E-state index >= 15 is 0 Å². The molecule has 5 nitrogen and oxygen atoms in total. The van der Waals surface area contributed by atoms with Gasteiger partial charge in [-0.25, -0.2) is 4.39 Å². The number of piperidine rings is 1. The third kappa shape index (κ3) is 6.75. The Morgan fingerprint density at radius 2 is 1.72 bits per heavy atom. The van der Waals surface area contributed by atoms with Gasteiger partial charge in [-0.15, -0.1) is 0 Å². The predicted molar refractivity (Wildman–Crippen MR) is 132 cm³/mol. The summed E-state index contributed by atoms with van der Waals surface area (Å²) in [5.74, 6) is 1.17. The molecule has 1 saturated heterocycles. The molecular formula is C24H39BrFN3O2S. The SMILES string of the molecule is CCN(C1CCC(CCN2CCC(Cc3cc(F)ccc3Br)CC2)CC1)S(=O)(=O)N(C)C. The summed E-state index contributed by atoms with van der Waals surface area (Å²) in [6.45, 7) is 5.86. The molecule has 1 aliphatic heterocycles. The maximum atomic E-state index is 13.6. The van der Waals surface area contributed by atoms with Gasteiger partial charge in [0.1, 0.15) is 5.82 Å². The maximum absolute atomic E-state index is 13.6. The lowest BCUT2D eigenvalue weighted by Crippen LogP contribution is -2.47. The Morgan fingerprint density at radius 3 is 2.31 bits per heavy atom. The van der Waals surface area contributed by atoms with Crippen LogP contribution in [0.15, 0.2) is 22.7 Å². The Morgan fingerprint density at radius 1 is 1.06 bits per heavy atom. The summed E-state index contributed by atoms with van der Waals surface area (Å²) in [6, 6.07) is 5.12. The minimum Gasteiger partial charge on any atom is -0.303 e. The summed E-state index contributed by atoms with van der Waals surface area (Å²) in [4.78, 5) is 2.58. The van der Waals surface area contributed by atoms with E-state index in [2.05, 4.69) is 20.8 Å². The van der Waals surface area contributed by atoms with Crippen molar-refractivity contribution in [3.63, 3.8) is 0 Å². The highest BCUT2D eigenvalue weighted by molar-refractivity contribution is 9.10. The van der Waals surface area contributed by atoms with Gasteiger partial charge in [0.05, 0.1) is 0 Å². The van der Waals surface area contributed by atoms with Gasteiger partial charge in [0.2, 0.25) is 0 Å². The first-order valence-corrected chi connectivity index (χ1v) is 14.2. The summed E-state index contributed by atoms with van der Waals surface area (Å²) in [5.41, 5.74) is 1.08. The number of hydrogen-bond acceptors (Lipinski definition) is 3. The average molecular weight is 533 g/mol. The fraction of sp³-hybridized carbons (Fsp3) is 0.750. The molecule has 0 spiro atoms. The molecule has 182 valence electrons. The number of benzene rings is 1. The molecule has 0 N–H and O–H groups in total. The summed E-state index contributed by atoms with van der Waals surface area (Å²) in [6.07, 6.45) is 8.67. The van der Waals surface area contributed by atoms with Crippen LogP contribution in [0.2, 0.25) is 0 Å². The minimum atomic E-state index is -3.33. The standard InChI is InChI=1S/C24H39BrFN3O2S/c1-4-29(32(30,31)27(2)3)23-8-5-19(6-9-23)11-14-28-15-12-20(13-16-28)17-21-18-22(26)7-10-24(21)25/h7,10,18-20,23H,4-6,8-9,11-17H2,1-3H3. The Labute approximate surface area is 202 Å². The van der Waals surface area contributed by atoms with Gasteiger partial charge in [-0.3, -0.25) is 0 Å². The van der Waals surface area contributed by atoms with Crippen molar-refractivity contribution >= 4 is 26.1 Å². The fourth-order valence-corrected chi connectivity index (χ4v) is 7.07. The molecule has 2 aliphatic rings. The van der Waals surface area contributed by atoms with E-state index in [0.717, 1.165) is 61.8 Å². The summed E-state index contributed by atoms with van der Waals surface area (Å²) >= 11 is 3.56. The highest BCUT2D eigenvalue weighted by Crippen LogP contribution is 2.32. The van der Waals surface area contributed by atoms with Crippen molar-refractivity contribution in [2.24, 2.45) is 11.8 Å². The molecule has 1 saturated carbocycles. The smallest absolute Gasteiger partial charge is 0.281 e. The van der Waals surface area contributed by atoms with Crippen molar-refractivity contribution in [1.29, 1.82) is 0 Å². The van der Waals surface area contributed by atoms with Crippen LogP contribution in [-0.2, 0) is 16.6 Å². The van der Waals surface area contributed by atoms with Crippen molar-refractivity contribution in [3.8, 4) is 0 Å². The number of rotatable bonds is 9. The van der Waals surface area contributed by atoms with Crippen LogP contribution in [0.5, 0.6) is 0 Å². The van der Waals surface area contributed by atoms with Crippen LogP contribution in [-0.4, -0.2) is 68.2 Å². The molecule has 1 aliphatic carbocycles. The monoisotopic (exact) mass is 531 g/mol. The second-order valence-electron chi connectivity index (χ2n) is 9.68. The molecule has 1 heterocycles. The van der Waals surface area contributed by atoms with E-state index in [1.807, 2.05) is 13.0 Å². The number of halogens is 2. The van der Waals surface area contributed by atoms with E-state index in [1.54, 1.807) is 24.5 Å². The molecular weight excluding hydrogens is 493 g/mol. The Kier molecular flexibility index (Phi) is 9.56. The zero-order valence-corrected chi connectivity index (χ0v) is 22.2. The van der Waals surface area contributed by atoms with Crippen molar-refractivity contribution in [3.05, 3.63) is 34.1 Å². The fourth-order valence-electron chi connectivity index (χ4n) is 5.33. The summed E-state index contributed by atoms with van der Waals surface area (Å²) in [7, 11) is -0.104. The van der Waals surface area contributed by atoms with E-state index in [0.29, 0.717) is 18.4 Å². The van der Waals surface area contributed by atoms with E-state index in [4.69, 9.17) is 0 Å². The van der Waals surface area contributed by atoms with Gasteiger partial charge in [-0.1, -0.05) is 22.9 Å². The number of likely N-dealkylation sites (tertiary alicyclic amines) is 1. The van der Waals surface area contributed by atoms with Crippen molar-refractivity contribution < 1.29 is 12.8 Å². The predicted octanol–water partition coefficient (Wildman–Crippen LogP) is 4.92. The molecule has 0 aromatic heterocycles. The van der Waals surface area contributed by atoms with Gasteiger partial charge in [0, 0.05) is 31.2 Å². The van der Waals surface area contributed by atoms with Gasteiger partial charge < -0.3 is 4.90 Å². The van der Waals surface area contributed by atoms with Gasteiger partial charge in [-0.2, -0.15) is 17.0 Å². The van der Waals surface area contributed by atoms with Crippen LogP contribution < -0.4 is 0 Å². The molecule has 32 heavy (non-hydrogen) atoms. The van der Waals surface area contributed by atoms with Crippen LogP contribution in [0.4, 0.5) is 4.39 Å². The molecule has 8 heteroatoms. The van der Waals surface area contributed by atoms with Gasteiger partial charge >= 0.3 is 0 Å². The van der Waals surface area contributed by atoms with Gasteiger partial charge in [-0.05, 0) is 107 Å². The zero-order valence-electron chi connectivity index (χ0n) is 19.8. The molecule has 1 aromatic rings. The Hall–Kier alpha value is -0.540. The first-order valence-electron chi connectivity index (χ1n) is 12.1. The quantitative estimate of drug-likeness (QED) is 0.454. The van der Waals surface area contributed by atoms with E-state index in [9.17, 15) is 12.8 Å². The van der Waals surface area contributed by atoms with Crippen molar-refractivity contribution in [2.75, 3.05) is 40.3 Å². The first kappa shape index (κ1) is 26.1. The highest BCUT2D eigenvalue weighted by atomic mass is 79.9. The average Bonchev–Trinajstić information content (AvgIpc) is 2.77. The lowest BCUT2D eigenvalue weighted by Gasteiger charge is -2.38. The summed E-state index contributed by atoms with van der Waals surface area (Å²) in [5, 5.41) is 0. The molecule has 1 aromatic carbocycles. The third-order valence-corrected chi connectivity index (χ3v) is 10.2. The molecule has 2 fully saturated rings.